The molecular formula is C23H25N5O2. The van der Waals surface area contributed by atoms with E-state index in [0.29, 0.717) is 6.79 Å². The van der Waals surface area contributed by atoms with Gasteiger partial charge in [-0.1, -0.05) is 24.3 Å². The number of benzene rings is 2. The second-order valence-corrected chi connectivity index (χ2v) is 7.64. The topological polar surface area (TPSA) is 62.8 Å². The van der Waals surface area contributed by atoms with Gasteiger partial charge in [-0.05, 0) is 36.8 Å². The highest BCUT2D eigenvalue weighted by atomic mass is 16.7. The highest BCUT2D eigenvalue weighted by molar-refractivity contribution is 5.57. The molecule has 1 saturated heterocycles. The van der Waals surface area contributed by atoms with Gasteiger partial charge in [0.2, 0.25) is 12.7 Å². The largest absolute Gasteiger partial charge is 0.454 e. The number of para-hydroxylation sites is 1. The lowest BCUT2D eigenvalue weighted by atomic mass is 10.1. The summed E-state index contributed by atoms with van der Waals surface area (Å²) in [6.07, 6.45) is 0. The van der Waals surface area contributed by atoms with Crippen LogP contribution in [0.25, 0.3) is 0 Å². The number of nitrogens with zero attached hydrogens (tertiary/aromatic N) is 4. The van der Waals surface area contributed by atoms with Crippen LogP contribution in [0.2, 0.25) is 0 Å². The van der Waals surface area contributed by atoms with Crippen molar-refractivity contribution in [1.82, 2.24) is 14.9 Å². The van der Waals surface area contributed by atoms with Crippen LogP contribution in [0.15, 0.2) is 54.6 Å². The highest BCUT2D eigenvalue weighted by Crippen LogP contribution is 2.33. The quantitative estimate of drug-likeness (QED) is 0.699. The van der Waals surface area contributed by atoms with Crippen LogP contribution in [0.5, 0.6) is 11.5 Å². The molecule has 5 rings (SSSR count). The molecule has 1 N–H and O–H groups in total. The average Bonchev–Trinajstić information content (AvgIpc) is 3.22. The maximum Gasteiger partial charge on any atom is 0.231 e. The van der Waals surface area contributed by atoms with Crippen LogP contribution in [0.4, 0.5) is 17.5 Å². The first-order chi connectivity index (χ1) is 14.7. The van der Waals surface area contributed by atoms with E-state index in [4.69, 9.17) is 14.5 Å². The third-order valence-electron chi connectivity index (χ3n) is 5.39. The maximum absolute atomic E-state index is 5.50. The molecule has 0 spiro atoms. The third kappa shape index (κ3) is 4.16. The fourth-order valence-corrected chi connectivity index (χ4v) is 3.83. The van der Waals surface area contributed by atoms with Crippen LogP contribution < -0.4 is 19.7 Å². The number of ether oxygens (including phenoxy) is 2. The molecule has 0 radical (unpaired) electrons. The molecular weight excluding hydrogens is 378 g/mol. The van der Waals surface area contributed by atoms with E-state index in [1.165, 1.54) is 5.56 Å². The zero-order valence-electron chi connectivity index (χ0n) is 17.0. The van der Waals surface area contributed by atoms with E-state index in [1.54, 1.807) is 0 Å². The van der Waals surface area contributed by atoms with Crippen molar-refractivity contribution in [2.45, 2.75) is 13.5 Å². The van der Waals surface area contributed by atoms with Crippen molar-refractivity contribution < 1.29 is 9.47 Å². The standard InChI is InChI=1S/C23H25N5O2/c1-17-13-22(25-19-5-3-2-4-6-19)26-23(24-17)28-11-9-27(10-12-28)15-18-7-8-20-21(14-18)30-16-29-20/h2-8,13-14H,9-12,15-16H2,1H3,(H,24,25,26). The Bertz CT molecular complexity index is 1020. The van der Waals surface area contributed by atoms with Gasteiger partial charge in [-0.2, -0.15) is 4.98 Å². The van der Waals surface area contributed by atoms with Crippen LogP contribution >= 0.6 is 0 Å². The first kappa shape index (κ1) is 18.7. The van der Waals surface area contributed by atoms with Crippen LogP contribution in [0, 0.1) is 6.92 Å². The Hall–Kier alpha value is -3.32. The molecule has 154 valence electrons. The van der Waals surface area contributed by atoms with Crippen LogP contribution in [0.3, 0.4) is 0 Å². The summed E-state index contributed by atoms with van der Waals surface area (Å²) >= 11 is 0. The van der Waals surface area contributed by atoms with Gasteiger partial charge in [0.1, 0.15) is 5.82 Å². The molecule has 2 aromatic carbocycles. The van der Waals surface area contributed by atoms with Crippen molar-refractivity contribution in [2.75, 3.05) is 43.2 Å². The number of anilines is 3. The van der Waals surface area contributed by atoms with E-state index >= 15 is 0 Å². The Kier molecular flexibility index (Phi) is 5.11. The zero-order valence-corrected chi connectivity index (χ0v) is 17.0. The third-order valence-corrected chi connectivity index (χ3v) is 5.39. The number of hydrogen-bond acceptors (Lipinski definition) is 7. The lowest BCUT2D eigenvalue weighted by molar-refractivity contribution is 0.174. The van der Waals surface area contributed by atoms with E-state index in [1.807, 2.05) is 49.4 Å². The summed E-state index contributed by atoms with van der Waals surface area (Å²) in [5, 5.41) is 3.38. The van der Waals surface area contributed by atoms with E-state index in [9.17, 15) is 0 Å². The number of piperazine rings is 1. The molecule has 0 aliphatic carbocycles. The van der Waals surface area contributed by atoms with Gasteiger partial charge < -0.3 is 19.7 Å². The molecule has 7 nitrogen and oxygen atoms in total. The highest BCUT2D eigenvalue weighted by Gasteiger charge is 2.21. The molecule has 7 heteroatoms. The summed E-state index contributed by atoms with van der Waals surface area (Å²) < 4.78 is 10.9. The monoisotopic (exact) mass is 403 g/mol. The van der Waals surface area contributed by atoms with Crippen LogP contribution in [-0.4, -0.2) is 47.8 Å². The Morgan fingerprint density at radius 1 is 0.900 bits per heavy atom. The Labute approximate surface area is 176 Å². The number of hydrogen-bond donors (Lipinski definition) is 1. The van der Waals surface area contributed by atoms with Gasteiger partial charge in [0.05, 0.1) is 0 Å². The molecule has 2 aliphatic heterocycles. The Balaban J connectivity index is 1.22. The van der Waals surface area contributed by atoms with E-state index in [2.05, 4.69) is 32.2 Å². The first-order valence-corrected chi connectivity index (χ1v) is 10.3. The molecule has 2 aliphatic rings. The Morgan fingerprint density at radius 3 is 2.53 bits per heavy atom. The number of nitrogens with one attached hydrogen (secondary N) is 1. The fourth-order valence-electron chi connectivity index (χ4n) is 3.83. The zero-order chi connectivity index (χ0) is 20.3. The van der Waals surface area contributed by atoms with Gasteiger partial charge in [-0.15, -0.1) is 0 Å². The minimum Gasteiger partial charge on any atom is -0.454 e. The normalized spacial score (nSPS) is 16.0. The first-order valence-electron chi connectivity index (χ1n) is 10.3. The molecule has 1 fully saturated rings. The summed E-state index contributed by atoms with van der Waals surface area (Å²) in [4.78, 5) is 14.1. The van der Waals surface area contributed by atoms with Gasteiger partial charge in [-0.3, -0.25) is 4.90 Å². The van der Waals surface area contributed by atoms with Gasteiger partial charge in [0.15, 0.2) is 11.5 Å². The fraction of sp³-hybridized carbons (Fsp3) is 0.304. The lowest BCUT2D eigenvalue weighted by Gasteiger charge is -2.35. The van der Waals surface area contributed by atoms with E-state index in [0.717, 1.165) is 67.4 Å². The minimum atomic E-state index is 0.315. The van der Waals surface area contributed by atoms with Crippen molar-refractivity contribution >= 4 is 17.5 Å². The van der Waals surface area contributed by atoms with Crippen LogP contribution in [-0.2, 0) is 6.54 Å². The maximum atomic E-state index is 5.50. The summed E-state index contributed by atoms with van der Waals surface area (Å²) in [5.41, 5.74) is 3.23. The van der Waals surface area contributed by atoms with Crippen molar-refractivity contribution in [1.29, 1.82) is 0 Å². The van der Waals surface area contributed by atoms with Gasteiger partial charge in [0.25, 0.3) is 0 Å². The molecule has 0 bridgehead atoms. The predicted octanol–water partition coefficient (Wildman–Crippen LogP) is 3.58. The molecule has 0 atom stereocenters. The SMILES string of the molecule is Cc1cc(Nc2ccccc2)nc(N2CCN(Cc3ccc4c(c3)OCO4)CC2)n1. The molecule has 30 heavy (non-hydrogen) atoms. The van der Waals surface area contributed by atoms with Crippen molar-refractivity contribution in [2.24, 2.45) is 0 Å². The average molecular weight is 403 g/mol. The van der Waals surface area contributed by atoms with Crippen molar-refractivity contribution in [3.05, 3.63) is 65.9 Å². The van der Waals surface area contributed by atoms with E-state index in [-0.39, 0.29) is 0 Å². The van der Waals surface area contributed by atoms with Crippen LogP contribution in [0.1, 0.15) is 11.3 Å². The summed E-state index contributed by atoms with van der Waals surface area (Å²) in [5.74, 6) is 3.29. The van der Waals surface area contributed by atoms with Crippen molar-refractivity contribution in [3.8, 4) is 11.5 Å². The number of aromatic nitrogens is 2. The molecule has 3 heterocycles. The molecule has 3 aromatic rings. The summed E-state index contributed by atoms with van der Waals surface area (Å²) in [7, 11) is 0. The minimum absolute atomic E-state index is 0.315. The lowest BCUT2D eigenvalue weighted by Crippen LogP contribution is -2.46. The Morgan fingerprint density at radius 2 is 1.70 bits per heavy atom. The van der Waals surface area contributed by atoms with E-state index < -0.39 is 0 Å². The number of aryl methyl sites for hydroxylation is 1. The second kappa shape index (κ2) is 8.20. The summed E-state index contributed by atoms with van der Waals surface area (Å²) in [6, 6.07) is 18.3. The number of fused-ring (bicyclic) bond motifs is 1. The molecule has 0 unspecified atom stereocenters. The molecule has 0 amide bonds. The molecule has 1 aromatic heterocycles. The van der Waals surface area contributed by atoms with Gasteiger partial charge in [0, 0.05) is 50.2 Å². The smallest absolute Gasteiger partial charge is 0.231 e. The number of rotatable bonds is 5. The van der Waals surface area contributed by atoms with Gasteiger partial charge >= 0.3 is 0 Å². The van der Waals surface area contributed by atoms with Crippen molar-refractivity contribution in [3.63, 3.8) is 0 Å². The van der Waals surface area contributed by atoms with Gasteiger partial charge in [-0.25, -0.2) is 4.98 Å². The summed E-state index contributed by atoms with van der Waals surface area (Å²) in [6.45, 7) is 6.96. The molecule has 0 saturated carbocycles. The second-order valence-electron chi connectivity index (χ2n) is 7.64. The predicted molar refractivity (Wildman–Crippen MR) is 117 cm³/mol.